The fraction of sp³-hybridized carbons (Fsp3) is 0.269. The molecule has 0 radical (unpaired) electrons. The number of methoxy groups -OCH3 is 1. The number of anilines is 1. The molecule has 0 aliphatic carbocycles. The van der Waals surface area contributed by atoms with E-state index in [1.54, 1.807) is 48.5 Å². The predicted octanol–water partition coefficient (Wildman–Crippen LogP) is 3.55. The third kappa shape index (κ3) is 5.68. The number of ether oxygens (including phenoxy) is 3. The van der Waals surface area contributed by atoms with Crippen LogP contribution in [0.1, 0.15) is 12.0 Å². The van der Waals surface area contributed by atoms with Crippen molar-refractivity contribution in [2.45, 2.75) is 24.3 Å². The molecule has 4 rings (SSSR count). The first-order valence-corrected chi connectivity index (χ1v) is 12.7. The molecule has 35 heavy (non-hydrogen) atoms. The largest absolute Gasteiger partial charge is 0.495 e. The van der Waals surface area contributed by atoms with E-state index in [1.807, 2.05) is 31.2 Å². The molecule has 3 aromatic rings. The Kier molecular flexibility index (Phi) is 7.45. The summed E-state index contributed by atoms with van der Waals surface area (Å²) in [4.78, 5) is 12.8. The van der Waals surface area contributed by atoms with Crippen molar-refractivity contribution in [1.82, 2.24) is 5.32 Å². The van der Waals surface area contributed by atoms with Crippen LogP contribution in [-0.4, -0.2) is 47.2 Å². The summed E-state index contributed by atoms with van der Waals surface area (Å²) in [6.07, 6.45) is -0.386. The summed E-state index contributed by atoms with van der Waals surface area (Å²) in [6.45, 7) is 2.38. The SMILES string of the molecule is COc1ccccc1N(CCC(=O)NC[C@@H]1COc2ccccc2O1)S(=O)(=O)c1ccc(C)cc1. The van der Waals surface area contributed by atoms with Gasteiger partial charge in [-0.05, 0) is 43.3 Å². The van der Waals surface area contributed by atoms with Gasteiger partial charge in [0.1, 0.15) is 18.5 Å². The molecule has 1 N–H and O–H groups in total. The highest BCUT2D eigenvalue weighted by atomic mass is 32.2. The van der Waals surface area contributed by atoms with Crippen molar-refractivity contribution < 1.29 is 27.4 Å². The first-order chi connectivity index (χ1) is 16.9. The molecule has 184 valence electrons. The molecule has 1 atom stereocenters. The van der Waals surface area contributed by atoms with Gasteiger partial charge in [-0.25, -0.2) is 8.42 Å². The van der Waals surface area contributed by atoms with Crippen LogP contribution in [0.5, 0.6) is 17.2 Å². The van der Waals surface area contributed by atoms with Gasteiger partial charge >= 0.3 is 0 Å². The lowest BCUT2D eigenvalue weighted by atomic mass is 10.2. The molecule has 1 aliphatic rings. The molecule has 0 saturated heterocycles. The first kappa shape index (κ1) is 24.4. The number of amides is 1. The topological polar surface area (TPSA) is 94.2 Å². The highest BCUT2D eigenvalue weighted by molar-refractivity contribution is 7.92. The van der Waals surface area contributed by atoms with E-state index in [4.69, 9.17) is 14.2 Å². The number of benzene rings is 3. The lowest BCUT2D eigenvalue weighted by Crippen LogP contribution is -2.42. The van der Waals surface area contributed by atoms with Crippen molar-refractivity contribution in [3.63, 3.8) is 0 Å². The number of rotatable bonds is 9. The van der Waals surface area contributed by atoms with Gasteiger partial charge in [-0.3, -0.25) is 9.10 Å². The molecule has 9 heteroatoms. The fourth-order valence-corrected chi connectivity index (χ4v) is 5.20. The standard InChI is InChI=1S/C26H28N2O6S/c1-19-11-13-21(14-12-19)35(30,31)28(22-7-3-4-8-23(22)32-2)16-15-26(29)27-17-20-18-33-24-9-5-6-10-25(24)34-20/h3-14,20H,15-18H2,1-2H3,(H,27,29)/t20-/m1/s1. The van der Waals surface area contributed by atoms with Crippen molar-refractivity contribution in [2.75, 3.05) is 31.1 Å². The predicted molar refractivity (Wildman–Crippen MR) is 133 cm³/mol. The van der Waals surface area contributed by atoms with Crippen LogP contribution in [0.15, 0.2) is 77.7 Å². The second-order valence-electron chi connectivity index (χ2n) is 8.11. The summed E-state index contributed by atoms with van der Waals surface area (Å²) in [6, 6.07) is 20.8. The van der Waals surface area contributed by atoms with Crippen molar-refractivity contribution in [3.05, 3.63) is 78.4 Å². The van der Waals surface area contributed by atoms with Crippen LogP contribution in [0.4, 0.5) is 5.69 Å². The van der Waals surface area contributed by atoms with E-state index < -0.39 is 10.0 Å². The Balaban J connectivity index is 1.45. The minimum atomic E-state index is -3.94. The fourth-order valence-electron chi connectivity index (χ4n) is 3.73. The van der Waals surface area contributed by atoms with E-state index in [0.29, 0.717) is 29.5 Å². The molecule has 0 aromatic heterocycles. The zero-order chi connectivity index (χ0) is 24.8. The number of hydrogen-bond acceptors (Lipinski definition) is 6. The molecular formula is C26H28N2O6S. The summed E-state index contributed by atoms with van der Waals surface area (Å²) in [5.74, 6) is 1.40. The average molecular weight is 497 g/mol. The van der Waals surface area contributed by atoms with E-state index in [1.165, 1.54) is 11.4 Å². The Morgan fingerprint density at radius 2 is 1.71 bits per heavy atom. The van der Waals surface area contributed by atoms with Crippen LogP contribution < -0.4 is 23.8 Å². The van der Waals surface area contributed by atoms with E-state index in [0.717, 1.165) is 5.56 Å². The number of fused-ring (bicyclic) bond motifs is 1. The summed E-state index contributed by atoms with van der Waals surface area (Å²) in [5, 5.41) is 2.82. The number of carbonyl (C=O) groups is 1. The van der Waals surface area contributed by atoms with Crippen molar-refractivity contribution in [3.8, 4) is 17.2 Å². The second-order valence-corrected chi connectivity index (χ2v) is 9.98. The maximum absolute atomic E-state index is 13.5. The molecular weight excluding hydrogens is 468 g/mol. The molecule has 0 fully saturated rings. The molecule has 3 aromatic carbocycles. The van der Waals surface area contributed by atoms with E-state index in [9.17, 15) is 13.2 Å². The number of sulfonamides is 1. The number of hydrogen-bond donors (Lipinski definition) is 1. The summed E-state index contributed by atoms with van der Waals surface area (Å²) >= 11 is 0. The molecule has 1 aliphatic heterocycles. The van der Waals surface area contributed by atoms with Crippen LogP contribution in [0, 0.1) is 6.92 Å². The van der Waals surface area contributed by atoms with Gasteiger partial charge in [0, 0.05) is 13.0 Å². The molecule has 1 heterocycles. The van der Waals surface area contributed by atoms with Gasteiger partial charge in [0.15, 0.2) is 11.5 Å². The maximum Gasteiger partial charge on any atom is 0.264 e. The van der Waals surface area contributed by atoms with Crippen LogP contribution in [-0.2, 0) is 14.8 Å². The van der Waals surface area contributed by atoms with E-state index in [2.05, 4.69) is 5.32 Å². The minimum Gasteiger partial charge on any atom is -0.495 e. The van der Waals surface area contributed by atoms with Crippen LogP contribution >= 0.6 is 0 Å². The number of carbonyl (C=O) groups excluding carboxylic acids is 1. The highest BCUT2D eigenvalue weighted by Crippen LogP contribution is 2.33. The van der Waals surface area contributed by atoms with E-state index >= 15 is 0 Å². The Morgan fingerprint density at radius 1 is 1.03 bits per heavy atom. The summed E-state index contributed by atoms with van der Waals surface area (Å²) in [5.41, 5.74) is 1.31. The van der Waals surface area contributed by atoms with Gasteiger partial charge in [-0.1, -0.05) is 42.0 Å². The Labute approximate surface area is 205 Å². The monoisotopic (exact) mass is 496 g/mol. The van der Waals surface area contributed by atoms with Gasteiger partial charge in [0.2, 0.25) is 5.91 Å². The van der Waals surface area contributed by atoms with Crippen molar-refractivity contribution >= 4 is 21.6 Å². The van der Waals surface area contributed by atoms with Crippen LogP contribution in [0.3, 0.4) is 0 Å². The lowest BCUT2D eigenvalue weighted by molar-refractivity contribution is -0.121. The van der Waals surface area contributed by atoms with Gasteiger partial charge < -0.3 is 19.5 Å². The molecule has 0 spiro atoms. The van der Waals surface area contributed by atoms with Crippen LogP contribution in [0.2, 0.25) is 0 Å². The third-order valence-corrected chi connectivity index (χ3v) is 7.43. The Morgan fingerprint density at radius 3 is 2.46 bits per heavy atom. The number of para-hydroxylation sites is 4. The van der Waals surface area contributed by atoms with Gasteiger partial charge in [-0.15, -0.1) is 0 Å². The molecule has 0 bridgehead atoms. The Bertz CT molecular complexity index is 1280. The lowest BCUT2D eigenvalue weighted by Gasteiger charge is -2.27. The molecule has 1 amide bonds. The number of aryl methyl sites for hydroxylation is 1. The summed E-state index contributed by atoms with van der Waals surface area (Å²) < 4.78 is 45.3. The average Bonchev–Trinajstić information content (AvgIpc) is 2.88. The maximum atomic E-state index is 13.5. The number of nitrogens with one attached hydrogen (secondary N) is 1. The quantitative estimate of drug-likeness (QED) is 0.487. The zero-order valence-corrected chi connectivity index (χ0v) is 20.5. The van der Waals surface area contributed by atoms with Crippen molar-refractivity contribution in [1.29, 1.82) is 0 Å². The van der Waals surface area contributed by atoms with E-state index in [-0.39, 0.29) is 36.4 Å². The Hall–Kier alpha value is -3.72. The smallest absolute Gasteiger partial charge is 0.264 e. The van der Waals surface area contributed by atoms with Gasteiger partial charge in [0.05, 0.1) is 24.2 Å². The third-order valence-electron chi connectivity index (χ3n) is 5.60. The van der Waals surface area contributed by atoms with Gasteiger partial charge in [-0.2, -0.15) is 0 Å². The number of nitrogens with zero attached hydrogens (tertiary/aromatic N) is 1. The van der Waals surface area contributed by atoms with Crippen molar-refractivity contribution in [2.24, 2.45) is 0 Å². The summed E-state index contributed by atoms with van der Waals surface area (Å²) in [7, 11) is -2.46. The van der Waals surface area contributed by atoms with Crippen LogP contribution in [0.25, 0.3) is 0 Å². The highest BCUT2D eigenvalue weighted by Gasteiger charge is 2.28. The minimum absolute atomic E-state index is 0.0483. The molecule has 8 nitrogen and oxygen atoms in total. The molecule has 0 unspecified atom stereocenters. The second kappa shape index (κ2) is 10.7. The zero-order valence-electron chi connectivity index (χ0n) is 19.6. The molecule has 0 saturated carbocycles. The normalized spacial score (nSPS) is 14.7. The first-order valence-electron chi connectivity index (χ1n) is 11.3. The van der Waals surface area contributed by atoms with Gasteiger partial charge in [0.25, 0.3) is 10.0 Å².